The summed E-state index contributed by atoms with van der Waals surface area (Å²) in [5.74, 6) is 0.166. The first-order chi connectivity index (χ1) is 17.7. The van der Waals surface area contributed by atoms with E-state index in [9.17, 15) is 19.2 Å². The summed E-state index contributed by atoms with van der Waals surface area (Å²) in [4.78, 5) is 56.5. The van der Waals surface area contributed by atoms with Crippen molar-refractivity contribution in [2.75, 3.05) is 45.9 Å². The summed E-state index contributed by atoms with van der Waals surface area (Å²) in [6.07, 6.45) is 4.16. The van der Waals surface area contributed by atoms with Gasteiger partial charge < -0.3 is 19.9 Å². The predicted octanol–water partition coefficient (Wildman–Crippen LogP) is 1.35. The van der Waals surface area contributed by atoms with E-state index < -0.39 is 6.09 Å². The highest BCUT2D eigenvalue weighted by atomic mass is 16.6. The summed E-state index contributed by atoms with van der Waals surface area (Å²) >= 11 is 0. The monoisotopic (exact) mass is 516 g/mol. The maximum Gasteiger partial charge on any atom is 0.410 e. The van der Waals surface area contributed by atoms with Gasteiger partial charge in [0.05, 0.1) is 6.54 Å². The van der Waals surface area contributed by atoms with E-state index in [-0.39, 0.29) is 36.9 Å². The normalized spacial score (nSPS) is 21.6. The van der Waals surface area contributed by atoms with Crippen LogP contribution in [-0.4, -0.2) is 100 Å². The van der Waals surface area contributed by atoms with Gasteiger partial charge in [-0.3, -0.25) is 24.0 Å². The summed E-state index contributed by atoms with van der Waals surface area (Å²) in [6, 6.07) is 0.0264. The molecule has 2 aliphatic heterocycles. The van der Waals surface area contributed by atoms with Gasteiger partial charge in [-0.05, 0) is 44.4 Å². The zero-order valence-corrected chi connectivity index (χ0v) is 22.3. The Morgan fingerprint density at radius 1 is 1.14 bits per heavy atom. The Balaban J connectivity index is 1.53. The summed E-state index contributed by atoms with van der Waals surface area (Å²) in [6.45, 7) is 6.89. The molecule has 1 atom stereocenters. The maximum atomic E-state index is 13.5. The molecule has 1 unspecified atom stereocenters. The Morgan fingerprint density at radius 3 is 2.65 bits per heavy atom. The lowest BCUT2D eigenvalue weighted by molar-refractivity contribution is -0.136. The molecule has 1 saturated heterocycles. The number of fused-ring (bicyclic) bond motifs is 1. The van der Waals surface area contributed by atoms with Crippen molar-refractivity contribution in [1.29, 1.82) is 0 Å². The molecule has 3 heterocycles. The number of amides is 4. The molecule has 1 aromatic rings. The molecule has 11 nitrogen and oxygen atoms in total. The van der Waals surface area contributed by atoms with Crippen molar-refractivity contribution in [3.63, 3.8) is 0 Å². The number of ether oxygens (including phenoxy) is 1. The van der Waals surface area contributed by atoms with E-state index >= 15 is 0 Å². The number of carbonyl (C=O) groups excluding carboxylic acids is 4. The Bertz CT molecular complexity index is 1020. The molecule has 0 spiro atoms. The summed E-state index contributed by atoms with van der Waals surface area (Å²) < 4.78 is 6.75. The Labute approximate surface area is 218 Å². The SMILES string of the molecule is CC(C)CCN1C(=O)CCCN(C(=O)CN2CCOC2=O)CCCNC(=O)c2nn(C)c3c2CC1CC3. The van der Waals surface area contributed by atoms with Gasteiger partial charge in [-0.15, -0.1) is 0 Å². The van der Waals surface area contributed by atoms with Gasteiger partial charge in [0.1, 0.15) is 13.2 Å². The van der Waals surface area contributed by atoms with Crippen LogP contribution >= 0.6 is 0 Å². The van der Waals surface area contributed by atoms with Crippen LogP contribution in [0.1, 0.15) is 67.7 Å². The Kier molecular flexibility index (Phi) is 8.71. The summed E-state index contributed by atoms with van der Waals surface area (Å²) in [5.41, 5.74) is 2.45. The zero-order valence-electron chi connectivity index (χ0n) is 22.3. The van der Waals surface area contributed by atoms with Crippen LogP contribution in [0.3, 0.4) is 0 Å². The minimum Gasteiger partial charge on any atom is -0.448 e. The van der Waals surface area contributed by atoms with Crippen LogP contribution < -0.4 is 5.32 Å². The van der Waals surface area contributed by atoms with Crippen LogP contribution in [-0.2, 0) is 34.2 Å². The topological polar surface area (TPSA) is 117 Å². The molecule has 3 aliphatic rings. The lowest BCUT2D eigenvalue weighted by atomic mass is 9.89. The quantitative estimate of drug-likeness (QED) is 0.631. The lowest BCUT2D eigenvalue weighted by Crippen LogP contribution is -2.45. The number of rotatable bonds is 5. The lowest BCUT2D eigenvalue weighted by Gasteiger charge is -2.35. The van der Waals surface area contributed by atoms with Gasteiger partial charge in [-0.1, -0.05) is 13.8 Å². The number of aromatic nitrogens is 2. The minimum absolute atomic E-state index is 0.0264. The fourth-order valence-electron chi connectivity index (χ4n) is 5.44. The number of nitrogens with zero attached hydrogens (tertiary/aromatic N) is 5. The molecule has 1 aromatic heterocycles. The van der Waals surface area contributed by atoms with E-state index in [2.05, 4.69) is 24.3 Å². The molecule has 11 heteroatoms. The van der Waals surface area contributed by atoms with Crippen LogP contribution in [0.4, 0.5) is 4.79 Å². The van der Waals surface area contributed by atoms with Crippen molar-refractivity contribution in [2.24, 2.45) is 13.0 Å². The standard InChI is InChI=1S/C26H40N6O5/c1-18(2)9-13-32-19-7-8-21-20(16-19)24(28-29(21)3)25(35)27-10-5-12-30(11-4-6-22(32)33)23(34)17-31-14-15-37-26(31)36/h18-19H,4-17H2,1-3H3,(H,27,35). The number of carbonyl (C=O) groups is 4. The van der Waals surface area contributed by atoms with E-state index in [1.54, 1.807) is 9.58 Å². The van der Waals surface area contributed by atoms with Gasteiger partial charge in [0.2, 0.25) is 11.8 Å². The zero-order chi connectivity index (χ0) is 26.5. The summed E-state index contributed by atoms with van der Waals surface area (Å²) in [7, 11) is 1.87. The predicted molar refractivity (Wildman–Crippen MR) is 136 cm³/mol. The van der Waals surface area contributed by atoms with Crippen LogP contribution in [0.15, 0.2) is 0 Å². The second kappa shape index (κ2) is 12.0. The second-order valence-corrected chi connectivity index (χ2v) is 10.7. The number of hydrogen-bond donors (Lipinski definition) is 1. The van der Waals surface area contributed by atoms with Crippen molar-refractivity contribution < 1.29 is 23.9 Å². The first kappa shape index (κ1) is 26.9. The third kappa shape index (κ3) is 6.42. The van der Waals surface area contributed by atoms with Gasteiger partial charge in [0.15, 0.2) is 5.69 Å². The van der Waals surface area contributed by atoms with E-state index in [1.807, 2.05) is 11.9 Å². The third-order valence-electron chi connectivity index (χ3n) is 7.59. The molecule has 1 aliphatic carbocycles. The molecule has 0 aromatic carbocycles. The summed E-state index contributed by atoms with van der Waals surface area (Å²) in [5, 5.41) is 7.50. The second-order valence-electron chi connectivity index (χ2n) is 10.7. The highest BCUT2D eigenvalue weighted by Crippen LogP contribution is 2.28. The van der Waals surface area contributed by atoms with Crippen molar-refractivity contribution in [2.45, 2.75) is 64.8 Å². The van der Waals surface area contributed by atoms with Crippen molar-refractivity contribution in [3.05, 3.63) is 17.0 Å². The van der Waals surface area contributed by atoms with Crippen molar-refractivity contribution in [1.82, 2.24) is 29.8 Å². The third-order valence-corrected chi connectivity index (χ3v) is 7.59. The molecule has 4 amide bonds. The molecule has 0 radical (unpaired) electrons. The fraction of sp³-hybridized carbons (Fsp3) is 0.731. The first-order valence-electron chi connectivity index (χ1n) is 13.6. The Morgan fingerprint density at radius 2 is 1.92 bits per heavy atom. The molecule has 204 valence electrons. The van der Waals surface area contributed by atoms with E-state index in [0.717, 1.165) is 30.5 Å². The number of aryl methyl sites for hydroxylation is 1. The average molecular weight is 517 g/mol. The van der Waals surface area contributed by atoms with Gasteiger partial charge in [0.25, 0.3) is 5.91 Å². The average Bonchev–Trinajstić information content (AvgIpc) is 3.41. The smallest absolute Gasteiger partial charge is 0.410 e. The molecule has 1 fully saturated rings. The number of hydrogen-bond acceptors (Lipinski definition) is 6. The largest absolute Gasteiger partial charge is 0.448 e. The van der Waals surface area contributed by atoms with Crippen LogP contribution in [0.5, 0.6) is 0 Å². The van der Waals surface area contributed by atoms with Crippen LogP contribution in [0.25, 0.3) is 0 Å². The Hall–Kier alpha value is -3.11. The van der Waals surface area contributed by atoms with Crippen LogP contribution in [0, 0.1) is 5.92 Å². The van der Waals surface area contributed by atoms with E-state index in [4.69, 9.17) is 4.74 Å². The highest BCUT2D eigenvalue weighted by Gasteiger charge is 2.33. The van der Waals surface area contributed by atoms with E-state index in [0.29, 0.717) is 70.0 Å². The highest BCUT2D eigenvalue weighted by molar-refractivity contribution is 5.94. The molecule has 4 rings (SSSR count). The van der Waals surface area contributed by atoms with Crippen LogP contribution in [0.2, 0.25) is 0 Å². The van der Waals surface area contributed by atoms with Gasteiger partial charge in [-0.2, -0.15) is 5.10 Å². The van der Waals surface area contributed by atoms with E-state index in [1.165, 1.54) is 4.90 Å². The van der Waals surface area contributed by atoms with Gasteiger partial charge in [-0.25, -0.2) is 4.79 Å². The minimum atomic E-state index is -0.475. The van der Waals surface area contributed by atoms with Gasteiger partial charge in [0, 0.05) is 56.9 Å². The van der Waals surface area contributed by atoms with Crippen molar-refractivity contribution in [3.8, 4) is 0 Å². The fourth-order valence-corrected chi connectivity index (χ4v) is 5.44. The molecule has 1 N–H and O–H groups in total. The number of nitrogens with one attached hydrogen (secondary N) is 1. The molecule has 0 saturated carbocycles. The molecular weight excluding hydrogens is 476 g/mol. The van der Waals surface area contributed by atoms with Gasteiger partial charge >= 0.3 is 6.09 Å². The number of cyclic esters (lactones) is 1. The molecular formula is C26H40N6O5. The molecule has 2 bridgehead atoms. The molecule has 37 heavy (non-hydrogen) atoms. The maximum absolute atomic E-state index is 13.5. The van der Waals surface area contributed by atoms with Crippen molar-refractivity contribution >= 4 is 23.8 Å². The first-order valence-corrected chi connectivity index (χ1v) is 13.6.